The first kappa shape index (κ1) is 18.4. The molecule has 1 N–H and O–H groups in total. The van der Waals surface area contributed by atoms with Crippen molar-refractivity contribution in [2.75, 3.05) is 5.32 Å². The number of fused-ring (bicyclic) bond motifs is 2. The molecule has 0 saturated heterocycles. The number of anilines is 1. The second-order valence-corrected chi connectivity index (χ2v) is 8.02. The molecule has 0 atom stereocenters. The molecule has 5 aromatic rings. The first-order chi connectivity index (χ1) is 14.5. The number of aryl methyl sites for hydroxylation is 2. The van der Waals surface area contributed by atoms with Gasteiger partial charge in [0.05, 0.1) is 16.8 Å². The molecule has 1 amide bonds. The summed E-state index contributed by atoms with van der Waals surface area (Å²) in [5, 5.41) is 5.82. The van der Waals surface area contributed by atoms with Gasteiger partial charge in [-0.1, -0.05) is 11.6 Å². The highest BCUT2D eigenvalue weighted by molar-refractivity contribution is 7.15. The van der Waals surface area contributed by atoms with E-state index in [1.54, 1.807) is 12.1 Å². The third kappa shape index (κ3) is 3.13. The summed E-state index contributed by atoms with van der Waals surface area (Å²) in [7, 11) is 0. The monoisotopic (exact) mass is 416 g/mol. The SMILES string of the molecule is Cc1ccc2nc(C)c(C(=O)Nc3c(-c4ccc(F)cc4)nc4sccn34)cc2c1. The summed E-state index contributed by atoms with van der Waals surface area (Å²) in [6.45, 7) is 3.83. The fourth-order valence-electron chi connectivity index (χ4n) is 3.51. The molecule has 3 heterocycles. The Morgan fingerprint density at radius 1 is 1.07 bits per heavy atom. The number of carbonyl (C=O) groups is 1. The first-order valence-corrected chi connectivity index (χ1v) is 10.3. The quantitative estimate of drug-likeness (QED) is 0.415. The number of nitrogens with one attached hydrogen (secondary N) is 1. The minimum Gasteiger partial charge on any atom is -0.306 e. The van der Waals surface area contributed by atoms with Crippen LogP contribution in [0.15, 0.2) is 60.1 Å². The topological polar surface area (TPSA) is 59.3 Å². The van der Waals surface area contributed by atoms with E-state index in [9.17, 15) is 9.18 Å². The van der Waals surface area contributed by atoms with Crippen molar-refractivity contribution in [3.8, 4) is 11.3 Å². The molecule has 0 bridgehead atoms. The minimum absolute atomic E-state index is 0.264. The van der Waals surface area contributed by atoms with E-state index in [1.807, 2.05) is 54.1 Å². The number of rotatable bonds is 3. The highest BCUT2D eigenvalue weighted by Gasteiger charge is 2.20. The number of thiazole rings is 1. The van der Waals surface area contributed by atoms with Crippen LogP contribution in [0.5, 0.6) is 0 Å². The molecule has 0 aliphatic rings. The van der Waals surface area contributed by atoms with Crippen LogP contribution in [0.3, 0.4) is 0 Å². The molecule has 0 spiro atoms. The van der Waals surface area contributed by atoms with E-state index in [1.165, 1.54) is 23.5 Å². The van der Waals surface area contributed by atoms with Crippen molar-refractivity contribution in [2.45, 2.75) is 13.8 Å². The van der Waals surface area contributed by atoms with Gasteiger partial charge in [0.15, 0.2) is 4.96 Å². The lowest BCUT2D eigenvalue weighted by Crippen LogP contribution is -2.16. The summed E-state index contributed by atoms with van der Waals surface area (Å²) in [6.07, 6.45) is 1.85. The number of aromatic nitrogens is 3. The van der Waals surface area contributed by atoms with E-state index in [2.05, 4.69) is 15.3 Å². The number of imidazole rings is 1. The average molecular weight is 416 g/mol. The fourth-order valence-corrected chi connectivity index (χ4v) is 4.23. The minimum atomic E-state index is -0.321. The average Bonchev–Trinajstić information content (AvgIpc) is 3.31. The number of pyridine rings is 1. The number of hydrogen-bond donors (Lipinski definition) is 1. The molecule has 5 rings (SSSR count). The predicted octanol–water partition coefficient (Wildman–Crippen LogP) is 5.62. The Hall–Kier alpha value is -3.58. The lowest BCUT2D eigenvalue weighted by atomic mass is 10.1. The van der Waals surface area contributed by atoms with E-state index in [0.29, 0.717) is 22.8 Å². The van der Waals surface area contributed by atoms with Gasteiger partial charge in [0.25, 0.3) is 5.91 Å². The molecule has 5 nitrogen and oxygen atoms in total. The summed E-state index contributed by atoms with van der Waals surface area (Å²) in [5.74, 6) is -0.0371. The van der Waals surface area contributed by atoms with Crippen LogP contribution < -0.4 is 5.32 Å². The summed E-state index contributed by atoms with van der Waals surface area (Å²) >= 11 is 1.46. The molecule has 0 saturated carbocycles. The summed E-state index contributed by atoms with van der Waals surface area (Å²) in [5.41, 5.74) is 4.44. The Kier molecular flexibility index (Phi) is 4.33. The highest BCUT2D eigenvalue weighted by Crippen LogP contribution is 2.31. The zero-order chi connectivity index (χ0) is 20.8. The largest absolute Gasteiger partial charge is 0.306 e. The van der Waals surface area contributed by atoms with Crippen LogP contribution >= 0.6 is 11.3 Å². The Morgan fingerprint density at radius 2 is 1.87 bits per heavy atom. The van der Waals surface area contributed by atoms with Crippen LogP contribution in [0, 0.1) is 19.7 Å². The highest BCUT2D eigenvalue weighted by atomic mass is 32.1. The van der Waals surface area contributed by atoms with Crippen molar-refractivity contribution in [1.82, 2.24) is 14.4 Å². The Morgan fingerprint density at radius 3 is 2.67 bits per heavy atom. The lowest BCUT2D eigenvalue weighted by molar-refractivity contribution is 0.102. The zero-order valence-electron chi connectivity index (χ0n) is 16.3. The third-order valence-corrected chi connectivity index (χ3v) is 5.77. The number of amides is 1. The smallest absolute Gasteiger partial charge is 0.258 e. The van der Waals surface area contributed by atoms with Crippen molar-refractivity contribution < 1.29 is 9.18 Å². The predicted molar refractivity (Wildman–Crippen MR) is 118 cm³/mol. The summed E-state index contributed by atoms with van der Waals surface area (Å²) in [6, 6.07) is 13.9. The number of hydrogen-bond acceptors (Lipinski definition) is 4. The van der Waals surface area contributed by atoms with Crippen molar-refractivity contribution in [2.24, 2.45) is 0 Å². The molecule has 3 aromatic heterocycles. The van der Waals surface area contributed by atoms with E-state index >= 15 is 0 Å². The molecule has 30 heavy (non-hydrogen) atoms. The van der Waals surface area contributed by atoms with Gasteiger partial charge in [-0.15, -0.1) is 11.3 Å². The van der Waals surface area contributed by atoms with Crippen molar-refractivity contribution in [3.63, 3.8) is 0 Å². The number of benzene rings is 2. The van der Waals surface area contributed by atoms with Gasteiger partial charge in [-0.05, 0) is 56.3 Å². The molecule has 7 heteroatoms. The van der Waals surface area contributed by atoms with Gasteiger partial charge in [0.2, 0.25) is 0 Å². The van der Waals surface area contributed by atoms with Crippen LogP contribution in [0.25, 0.3) is 27.1 Å². The van der Waals surface area contributed by atoms with Crippen molar-refractivity contribution in [1.29, 1.82) is 0 Å². The van der Waals surface area contributed by atoms with Crippen molar-refractivity contribution >= 4 is 38.9 Å². The lowest BCUT2D eigenvalue weighted by Gasteiger charge is -2.10. The van der Waals surface area contributed by atoms with Crippen LogP contribution in [0.1, 0.15) is 21.6 Å². The van der Waals surface area contributed by atoms with Crippen LogP contribution in [0.2, 0.25) is 0 Å². The molecule has 0 fully saturated rings. The van der Waals surface area contributed by atoms with Gasteiger partial charge < -0.3 is 5.32 Å². The van der Waals surface area contributed by atoms with Crippen molar-refractivity contribution in [3.05, 3.63) is 82.7 Å². The Labute approximate surface area is 175 Å². The second-order valence-electron chi connectivity index (χ2n) is 7.14. The van der Waals surface area contributed by atoms with E-state index in [4.69, 9.17) is 0 Å². The maximum atomic E-state index is 13.4. The van der Waals surface area contributed by atoms with E-state index < -0.39 is 0 Å². The normalized spacial score (nSPS) is 11.3. The maximum Gasteiger partial charge on any atom is 0.258 e. The fraction of sp³-hybridized carbons (Fsp3) is 0.0870. The van der Waals surface area contributed by atoms with Gasteiger partial charge in [0.1, 0.15) is 17.3 Å². The number of halogens is 1. The van der Waals surface area contributed by atoms with Crippen LogP contribution in [-0.4, -0.2) is 20.3 Å². The molecule has 2 aromatic carbocycles. The number of carbonyl (C=O) groups excluding carboxylic acids is 1. The molecular weight excluding hydrogens is 399 g/mol. The molecular formula is C23H17FN4OS. The summed E-state index contributed by atoms with van der Waals surface area (Å²) in [4.78, 5) is 23.2. The number of nitrogens with zero attached hydrogens (tertiary/aromatic N) is 3. The van der Waals surface area contributed by atoms with Crippen LogP contribution in [-0.2, 0) is 0 Å². The van der Waals surface area contributed by atoms with E-state index in [0.717, 1.165) is 27.0 Å². The van der Waals surface area contributed by atoms with Gasteiger partial charge in [-0.3, -0.25) is 14.2 Å². The Balaban J connectivity index is 1.59. The van der Waals surface area contributed by atoms with Gasteiger partial charge >= 0.3 is 0 Å². The second kappa shape index (κ2) is 7.03. The molecule has 148 valence electrons. The summed E-state index contributed by atoms with van der Waals surface area (Å²) < 4.78 is 15.2. The molecule has 0 aliphatic heterocycles. The maximum absolute atomic E-state index is 13.4. The van der Waals surface area contributed by atoms with Gasteiger partial charge in [0, 0.05) is 22.5 Å². The first-order valence-electron chi connectivity index (χ1n) is 9.40. The van der Waals surface area contributed by atoms with E-state index in [-0.39, 0.29) is 11.7 Å². The van der Waals surface area contributed by atoms with Gasteiger partial charge in [-0.25, -0.2) is 9.37 Å². The molecule has 0 unspecified atom stereocenters. The molecule has 0 aliphatic carbocycles. The van der Waals surface area contributed by atoms with Crippen LogP contribution in [0.4, 0.5) is 10.2 Å². The Bertz CT molecular complexity index is 1420. The zero-order valence-corrected chi connectivity index (χ0v) is 17.1. The standard InChI is InChI=1S/C23H17FN4OS/c1-13-3-8-19-16(11-13)12-18(14(2)25-19)22(29)27-21-20(15-4-6-17(24)7-5-15)26-23-28(21)9-10-30-23/h3-12H,1-2H3,(H,27,29). The third-order valence-electron chi connectivity index (χ3n) is 5.02. The van der Waals surface area contributed by atoms with Gasteiger partial charge in [-0.2, -0.15) is 0 Å². The molecule has 0 radical (unpaired) electrons.